The van der Waals surface area contributed by atoms with Gasteiger partial charge >= 0.3 is 0 Å². The number of pyridine rings is 3. The number of rotatable bonds is 5. The lowest BCUT2D eigenvalue weighted by molar-refractivity contribution is 0.0992. The molecule has 3 saturated heterocycles. The van der Waals surface area contributed by atoms with E-state index >= 15 is 0 Å². The minimum Gasteiger partial charge on any atom is -0.374 e. The summed E-state index contributed by atoms with van der Waals surface area (Å²) in [7, 11) is 0. The van der Waals surface area contributed by atoms with E-state index < -0.39 is 0 Å². The maximum absolute atomic E-state index is 13.4. The molecule has 7 rings (SSSR count). The van der Waals surface area contributed by atoms with Gasteiger partial charge in [-0.1, -0.05) is 19.9 Å². The standard InChI is InChI=1S/C29H34N6O2/c1-29(2)6-9-32(10-7-29)14-20-3-4-27-31-21(17-34(27)15-20)16-33-8-5-24-25(28(33)36)12-30-13-26(24)35-18-23-11-22(35)19-37-23/h3-5,8,12-13,15,17,22-23H,6-7,9-11,14,16,18-19H2,1-2H3/t22?,23-/m0/s1. The number of aromatic nitrogens is 4. The van der Waals surface area contributed by atoms with Crippen molar-refractivity contribution in [1.29, 1.82) is 0 Å². The number of imidazole rings is 1. The highest BCUT2D eigenvalue weighted by Crippen LogP contribution is 2.35. The first-order chi connectivity index (χ1) is 17.9. The molecule has 0 radical (unpaired) electrons. The molecule has 2 bridgehead atoms. The molecular weight excluding hydrogens is 464 g/mol. The molecule has 0 saturated carbocycles. The van der Waals surface area contributed by atoms with E-state index in [9.17, 15) is 4.79 Å². The topological polar surface area (TPSA) is 67.9 Å². The number of anilines is 1. The van der Waals surface area contributed by atoms with Crippen LogP contribution in [0.4, 0.5) is 5.69 Å². The number of nitrogens with zero attached hydrogens (tertiary/aromatic N) is 6. The van der Waals surface area contributed by atoms with Crippen LogP contribution in [-0.2, 0) is 17.8 Å². The van der Waals surface area contributed by atoms with Crippen molar-refractivity contribution in [3.8, 4) is 0 Å². The van der Waals surface area contributed by atoms with Crippen LogP contribution in [0.15, 0.2) is 54.0 Å². The minimum atomic E-state index is -0.0294. The van der Waals surface area contributed by atoms with E-state index in [1.54, 1.807) is 10.8 Å². The zero-order valence-corrected chi connectivity index (χ0v) is 21.6. The summed E-state index contributed by atoms with van der Waals surface area (Å²) in [6.07, 6.45) is 13.5. The molecule has 0 aromatic carbocycles. The van der Waals surface area contributed by atoms with Crippen molar-refractivity contribution < 1.29 is 4.74 Å². The van der Waals surface area contributed by atoms with Gasteiger partial charge in [0.2, 0.25) is 0 Å². The van der Waals surface area contributed by atoms with E-state index in [1.807, 2.05) is 18.6 Å². The van der Waals surface area contributed by atoms with Crippen LogP contribution in [0.1, 0.15) is 44.4 Å². The average molecular weight is 499 g/mol. The van der Waals surface area contributed by atoms with Gasteiger partial charge in [0.15, 0.2) is 0 Å². The maximum Gasteiger partial charge on any atom is 0.260 e. The van der Waals surface area contributed by atoms with E-state index in [-0.39, 0.29) is 5.56 Å². The summed E-state index contributed by atoms with van der Waals surface area (Å²) >= 11 is 0. The van der Waals surface area contributed by atoms with Gasteiger partial charge in [-0.25, -0.2) is 4.98 Å². The van der Waals surface area contributed by atoms with Crippen molar-refractivity contribution in [3.05, 3.63) is 70.8 Å². The second-order valence-corrected chi connectivity index (χ2v) is 11.8. The van der Waals surface area contributed by atoms with Crippen LogP contribution in [0, 0.1) is 5.41 Å². The van der Waals surface area contributed by atoms with Gasteiger partial charge in [0, 0.05) is 43.3 Å². The average Bonchev–Trinajstić information content (AvgIpc) is 3.62. The zero-order valence-electron chi connectivity index (χ0n) is 21.6. The fraction of sp³-hybridized carbons (Fsp3) is 0.483. The van der Waals surface area contributed by atoms with Gasteiger partial charge in [-0.15, -0.1) is 0 Å². The predicted molar refractivity (Wildman–Crippen MR) is 144 cm³/mol. The molecule has 0 spiro atoms. The van der Waals surface area contributed by atoms with Crippen molar-refractivity contribution in [1.82, 2.24) is 23.8 Å². The smallest absolute Gasteiger partial charge is 0.260 e. The Morgan fingerprint density at radius 3 is 2.70 bits per heavy atom. The minimum absolute atomic E-state index is 0.0294. The molecular formula is C29H34N6O2. The van der Waals surface area contributed by atoms with Crippen LogP contribution in [0.25, 0.3) is 16.4 Å². The van der Waals surface area contributed by atoms with Crippen molar-refractivity contribution in [2.45, 2.75) is 58.3 Å². The molecule has 4 aromatic rings. The van der Waals surface area contributed by atoms with E-state index in [1.165, 1.54) is 18.4 Å². The van der Waals surface area contributed by atoms with Gasteiger partial charge in [0.25, 0.3) is 5.56 Å². The normalized spacial score (nSPS) is 23.5. The van der Waals surface area contributed by atoms with Crippen LogP contribution >= 0.6 is 0 Å². The van der Waals surface area contributed by atoms with Gasteiger partial charge in [0.1, 0.15) is 5.65 Å². The van der Waals surface area contributed by atoms with Gasteiger partial charge in [0.05, 0.1) is 48.3 Å². The largest absolute Gasteiger partial charge is 0.374 e. The van der Waals surface area contributed by atoms with Gasteiger partial charge in [-0.3, -0.25) is 14.7 Å². The monoisotopic (exact) mass is 498 g/mol. The van der Waals surface area contributed by atoms with Crippen molar-refractivity contribution >= 4 is 22.1 Å². The highest BCUT2D eigenvalue weighted by Gasteiger charge is 2.39. The quantitative estimate of drug-likeness (QED) is 0.418. The van der Waals surface area contributed by atoms with E-state index in [0.29, 0.717) is 29.5 Å². The molecule has 2 atom stereocenters. The fourth-order valence-corrected chi connectivity index (χ4v) is 6.25. The second-order valence-electron chi connectivity index (χ2n) is 11.8. The summed E-state index contributed by atoms with van der Waals surface area (Å²) in [5, 5.41) is 1.61. The molecule has 0 aliphatic carbocycles. The maximum atomic E-state index is 13.4. The number of ether oxygens (including phenoxy) is 1. The Hall–Kier alpha value is -3.23. The Balaban J connectivity index is 1.12. The van der Waals surface area contributed by atoms with Crippen molar-refractivity contribution in [2.75, 3.05) is 31.1 Å². The third-order valence-electron chi connectivity index (χ3n) is 8.60. The first-order valence-electron chi connectivity index (χ1n) is 13.5. The summed E-state index contributed by atoms with van der Waals surface area (Å²) < 4.78 is 9.60. The summed E-state index contributed by atoms with van der Waals surface area (Å²) in [6.45, 7) is 10.0. The molecule has 7 heterocycles. The number of hydrogen-bond acceptors (Lipinski definition) is 6. The Morgan fingerprint density at radius 2 is 1.92 bits per heavy atom. The third kappa shape index (κ3) is 4.22. The molecule has 1 unspecified atom stereocenters. The molecule has 3 aliphatic rings. The highest BCUT2D eigenvalue weighted by atomic mass is 16.5. The molecule has 192 valence electrons. The predicted octanol–water partition coefficient (Wildman–Crippen LogP) is 3.69. The Kier molecular flexibility index (Phi) is 5.37. The summed E-state index contributed by atoms with van der Waals surface area (Å²) in [5.41, 5.74) is 4.53. The highest BCUT2D eigenvalue weighted by molar-refractivity contribution is 5.93. The molecule has 8 nitrogen and oxygen atoms in total. The van der Waals surface area contributed by atoms with Crippen LogP contribution in [0.2, 0.25) is 0 Å². The van der Waals surface area contributed by atoms with Crippen molar-refractivity contribution in [2.24, 2.45) is 5.41 Å². The Morgan fingerprint density at radius 1 is 1.05 bits per heavy atom. The van der Waals surface area contributed by atoms with Crippen LogP contribution in [-0.4, -0.2) is 62.2 Å². The third-order valence-corrected chi connectivity index (χ3v) is 8.60. The van der Waals surface area contributed by atoms with Crippen LogP contribution in [0.5, 0.6) is 0 Å². The van der Waals surface area contributed by atoms with Crippen molar-refractivity contribution in [3.63, 3.8) is 0 Å². The first-order valence-corrected chi connectivity index (χ1v) is 13.5. The Bertz CT molecular complexity index is 1530. The number of morpholine rings is 1. The number of hydrogen-bond donors (Lipinski definition) is 0. The molecule has 0 amide bonds. The zero-order chi connectivity index (χ0) is 25.1. The number of piperidine rings is 1. The molecule has 8 heteroatoms. The molecule has 3 aliphatic heterocycles. The summed E-state index contributed by atoms with van der Waals surface area (Å²) in [6, 6.07) is 6.69. The second kappa shape index (κ2) is 8.67. The molecule has 3 fully saturated rings. The summed E-state index contributed by atoms with van der Waals surface area (Å²) in [5.74, 6) is 0. The lowest BCUT2D eigenvalue weighted by Crippen LogP contribution is -2.37. The Labute approximate surface area is 216 Å². The van der Waals surface area contributed by atoms with Crippen LogP contribution in [0.3, 0.4) is 0 Å². The first kappa shape index (κ1) is 22.9. The lowest BCUT2D eigenvalue weighted by atomic mass is 9.82. The van der Waals surface area contributed by atoms with E-state index in [0.717, 1.165) is 61.6 Å². The molecule has 37 heavy (non-hydrogen) atoms. The SMILES string of the molecule is CC1(C)CCN(Cc2ccc3nc(Cn4ccc5c(N6C[C@@H]7CC6CO7)cncc5c4=O)cn3c2)CC1. The number of likely N-dealkylation sites (tertiary alicyclic amines) is 1. The fourth-order valence-electron chi connectivity index (χ4n) is 6.25. The van der Waals surface area contributed by atoms with Gasteiger partial charge in [-0.2, -0.15) is 0 Å². The summed E-state index contributed by atoms with van der Waals surface area (Å²) in [4.78, 5) is 27.6. The van der Waals surface area contributed by atoms with Gasteiger partial charge in [-0.05, 0) is 55.5 Å². The van der Waals surface area contributed by atoms with E-state index in [2.05, 4.69) is 57.4 Å². The molecule has 0 N–H and O–H groups in total. The lowest BCUT2D eigenvalue weighted by Gasteiger charge is -2.36. The molecule has 4 aromatic heterocycles. The van der Waals surface area contributed by atoms with Gasteiger partial charge < -0.3 is 18.6 Å². The van der Waals surface area contributed by atoms with Crippen LogP contribution < -0.4 is 10.5 Å². The number of fused-ring (bicyclic) bond motifs is 4. The van der Waals surface area contributed by atoms with E-state index in [4.69, 9.17) is 9.72 Å².